The first-order valence-electron chi connectivity index (χ1n) is 5.89. The second-order valence-corrected chi connectivity index (χ2v) is 6.59. The first-order chi connectivity index (χ1) is 9.88. The molecule has 0 spiro atoms. The molecule has 110 valence electrons. The lowest BCUT2D eigenvalue weighted by Crippen LogP contribution is -2.01. The molecule has 0 atom stereocenters. The maximum absolute atomic E-state index is 11.1. The van der Waals surface area contributed by atoms with Crippen molar-refractivity contribution in [3.05, 3.63) is 65.5 Å². The van der Waals surface area contributed by atoms with Gasteiger partial charge in [-0.1, -0.05) is 49.5 Å². The first kappa shape index (κ1) is 16.3. The Morgan fingerprint density at radius 1 is 1.24 bits per heavy atom. The molecule has 2 aromatic carbocycles. The Balaban J connectivity index is 2.29. The van der Waals surface area contributed by atoms with E-state index in [1.165, 1.54) is 6.07 Å². The van der Waals surface area contributed by atoms with Crippen molar-refractivity contribution in [2.75, 3.05) is 0 Å². The summed E-state index contributed by atoms with van der Waals surface area (Å²) in [5.41, 5.74) is 1.37. The van der Waals surface area contributed by atoms with Crippen LogP contribution in [-0.4, -0.2) is 4.92 Å². The van der Waals surface area contributed by atoms with Crippen LogP contribution in [0.15, 0.2) is 39.3 Å². The predicted octanol–water partition coefficient (Wildman–Crippen LogP) is 5.66. The average molecular weight is 435 g/mol. The standard InChI is InChI=1S/C14H10Br2ClNO3/c1-8-4-11(16)6-13(18(19)20)14(8)21-7-9-2-3-10(15)5-12(9)17/h2-6H,7H2,1H3. The van der Waals surface area contributed by atoms with Crippen molar-refractivity contribution in [1.82, 2.24) is 0 Å². The van der Waals surface area contributed by atoms with E-state index in [2.05, 4.69) is 31.9 Å². The summed E-state index contributed by atoms with van der Waals surface area (Å²) in [6.45, 7) is 1.92. The minimum atomic E-state index is -0.462. The number of hydrogen-bond acceptors (Lipinski definition) is 3. The Morgan fingerprint density at radius 3 is 2.57 bits per heavy atom. The second kappa shape index (κ2) is 6.77. The van der Waals surface area contributed by atoms with Crippen molar-refractivity contribution in [2.24, 2.45) is 0 Å². The van der Waals surface area contributed by atoms with E-state index < -0.39 is 4.92 Å². The topological polar surface area (TPSA) is 52.4 Å². The Bertz CT molecular complexity index is 707. The van der Waals surface area contributed by atoms with Gasteiger partial charge in [-0.2, -0.15) is 0 Å². The molecule has 0 aliphatic heterocycles. The average Bonchev–Trinajstić information content (AvgIpc) is 2.38. The van der Waals surface area contributed by atoms with Gasteiger partial charge in [-0.15, -0.1) is 0 Å². The number of nitrogens with zero attached hydrogens (tertiary/aromatic N) is 1. The van der Waals surface area contributed by atoms with Crippen molar-refractivity contribution in [1.29, 1.82) is 0 Å². The van der Waals surface area contributed by atoms with Gasteiger partial charge in [0.15, 0.2) is 5.75 Å². The summed E-state index contributed by atoms with van der Waals surface area (Å²) in [6, 6.07) is 8.60. The molecule has 0 aliphatic carbocycles. The van der Waals surface area contributed by atoms with Gasteiger partial charge in [0.05, 0.1) is 4.92 Å². The van der Waals surface area contributed by atoms with Crippen molar-refractivity contribution in [3.63, 3.8) is 0 Å². The van der Waals surface area contributed by atoms with E-state index in [1.54, 1.807) is 19.1 Å². The molecule has 0 saturated carbocycles. The van der Waals surface area contributed by atoms with E-state index in [1.807, 2.05) is 12.1 Å². The summed E-state index contributed by atoms with van der Waals surface area (Å²) < 4.78 is 7.13. The van der Waals surface area contributed by atoms with Gasteiger partial charge in [0.1, 0.15) is 6.61 Å². The van der Waals surface area contributed by atoms with Gasteiger partial charge in [0, 0.05) is 25.6 Å². The van der Waals surface area contributed by atoms with Crippen LogP contribution in [0.5, 0.6) is 5.75 Å². The van der Waals surface area contributed by atoms with Gasteiger partial charge >= 0.3 is 5.69 Å². The zero-order valence-corrected chi connectivity index (χ0v) is 14.8. The second-order valence-electron chi connectivity index (χ2n) is 4.35. The van der Waals surface area contributed by atoms with Gasteiger partial charge in [0.2, 0.25) is 0 Å². The molecule has 0 N–H and O–H groups in total. The van der Waals surface area contributed by atoms with Gasteiger partial charge in [-0.05, 0) is 30.7 Å². The van der Waals surface area contributed by atoms with E-state index >= 15 is 0 Å². The number of hydrogen-bond donors (Lipinski definition) is 0. The first-order valence-corrected chi connectivity index (χ1v) is 7.86. The number of ether oxygens (including phenoxy) is 1. The Morgan fingerprint density at radius 2 is 1.95 bits per heavy atom. The molecule has 0 heterocycles. The molecular weight excluding hydrogens is 425 g/mol. The maximum Gasteiger partial charge on any atom is 0.312 e. The highest BCUT2D eigenvalue weighted by Gasteiger charge is 2.19. The maximum atomic E-state index is 11.1. The highest BCUT2D eigenvalue weighted by atomic mass is 79.9. The molecular formula is C14H10Br2ClNO3. The van der Waals surface area contributed by atoms with Gasteiger partial charge in [-0.25, -0.2) is 0 Å². The summed E-state index contributed by atoms with van der Waals surface area (Å²) in [4.78, 5) is 10.7. The summed E-state index contributed by atoms with van der Waals surface area (Å²) in [7, 11) is 0. The SMILES string of the molecule is Cc1cc(Br)cc([N+](=O)[O-])c1OCc1ccc(Br)cc1Cl. The monoisotopic (exact) mass is 433 g/mol. The third kappa shape index (κ3) is 3.96. The molecule has 2 rings (SSSR count). The van der Waals surface area contributed by atoms with E-state index in [0.717, 1.165) is 10.0 Å². The van der Waals surface area contributed by atoms with Crippen molar-refractivity contribution in [3.8, 4) is 5.75 Å². The highest BCUT2D eigenvalue weighted by Crippen LogP contribution is 2.35. The quantitative estimate of drug-likeness (QED) is 0.460. The number of nitro groups is 1. The molecule has 2 aromatic rings. The number of rotatable bonds is 4. The number of aryl methyl sites for hydroxylation is 1. The predicted molar refractivity (Wildman–Crippen MR) is 89.0 cm³/mol. The normalized spacial score (nSPS) is 10.5. The summed E-state index contributed by atoms with van der Waals surface area (Å²) >= 11 is 12.7. The fourth-order valence-corrected chi connectivity index (χ4v) is 3.11. The third-order valence-corrected chi connectivity index (χ3v) is 4.11. The van der Waals surface area contributed by atoms with Crippen LogP contribution in [0.4, 0.5) is 5.69 Å². The smallest absolute Gasteiger partial charge is 0.312 e. The summed E-state index contributed by atoms with van der Waals surface area (Å²) in [5.74, 6) is 0.252. The van der Waals surface area contributed by atoms with Crippen LogP contribution in [0.3, 0.4) is 0 Å². The van der Waals surface area contributed by atoms with Gasteiger partial charge in [-0.3, -0.25) is 10.1 Å². The van der Waals surface area contributed by atoms with Crippen LogP contribution in [0, 0.1) is 17.0 Å². The van der Waals surface area contributed by atoms with Gasteiger partial charge in [0.25, 0.3) is 0 Å². The van der Waals surface area contributed by atoms with Crippen LogP contribution < -0.4 is 4.74 Å². The number of halogens is 3. The van der Waals surface area contributed by atoms with Crippen LogP contribution in [-0.2, 0) is 6.61 Å². The molecule has 7 heteroatoms. The molecule has 0 aromatic heterocycles. The van der Waals surface area contributed by atoms with Crippen LogP contribution in [0.2, 0.25) is 5.02 Å². The zero-order chi connectivity index (χ0) is 15.6. The van der Waals surface area contributed by atoms with Crippen molar-refractivity contribution < 1.29 is 9.66 Å². The van der Waals surface area contributed by atoms with E-state index in [-0.39, 0.29) is 18.0 Å². The third-order valence-electron chi connectivity index (χ3n) is 2.80. The summed E-state index contributed by atoms with van der Waals surface area (Å²) in [5, 5.41) is 11.7. The molecule has 21 heavy (non-hydrogen) atoms. The molecule has 0 saturated heterocycles. The van der Waals surface area contributed by atoms with Crippen molar-refractivity contribution >= 4 is 49.1 Å². The lowest BCUT2D eigenvalue weighted by molar-refractivity contribution is -0.386. The van der Waals surface area contributed by atoms with Crippen molar-refractivity contribution in [2.45, 2.75) is 13.5 Å². The number of nitro benzene ring substituents is 1. The van der Waals surface area contributed by atoms with E-state index in [9.17, 15) is 10.1 Å². The molecule has 0 unspecified atom stereocenters. The largest absolute Gasteiger partial charge is 0.482 e. The lowest BCUT2D eigenvalue weighted by Gasteiger charge is -2.11. The highest BCUT2D eigenvalue weighted by molar-refractivity contribution is 9.10. The van der Waals surface area contributed by atoms with E-state index in [4.69, 9.17) is 16.3 Å². The Kier molecular flexibility index (Phi) is 5.24. The minimum Gasteiger partial charge on any atom is -0.482 e. The van der Waals surface area contributed by atoms with Crippen LogP contribution in [0.1, 0.15) is 11.1 Å². The molecule has 0 amide bonds. The lowest BCUT2D eigenvalue weighted by atomic mass is 10.2. The molecule has 0 radical (unpaired) electrons. The summed E-state index contributed by atoms with van der Waals surface area (Å²) in [6.07, 6.45) is 0. The van der Waals surface area contributed by atoms with Crippen LogP contribution >= 0.6 is 43.5 Å². The molecule has 0 aliphatic rings. The fraction of sp³-hybridized carbons (Fsp3) is 0.143. The Hall–Kier alpha value is -1.11. The molecule has 0 fully saturated rings. The Labute approximate surface area is 143 Å². The van der Waals surface area contributed by atoms with E-state index in [0.29, 0.717) is 15.1 Å². The zero-order valence-electron chi connectivity index (χ0n) is 10.9. The van der Waals surface area contributed by atoms with Gasteiger partial charge < -0.3 is 4.74 Å². The minimum absolute atomic E-state index is 0.0740. The van der Waals surface area contributed by atoms with Crippen LogP contribution in [0.25, 0.3) is 0 Å². The molecule has 0 bridgehead atoms. The molecule has 4 nitrogen and oxygen atoms in total. The number of benzene rings is 2. The fourth-order valence-electron chi connectivity index (χ4n) is 1.82.